The molecule has 0 radical (unpaired) electrons. The third-order valence-corrected chi connectivity index (χ3v) is 4.87. The van der Waals surface area contributed by atoms with Gasteiger partial charge in [-0.05, 0) is 46.7 Å². The standard InChI is InChI=1S/C24H21N3O2/c1-27(2)20-8-5-7-17(14-20)23(28)26-19-12-10-16(11-13-19)22-21-9-4-3-6-18(21)15-25-24(22)29/h3-15H,1-2H3,(H,25,29)(H,26,28). The Hall–Kier alpha value is -3.86. The van der Waals surface area contributed by atoms with Gasteiger partial charge < -0.3 is 15.2 Å². The highest BCUT2D eigenvalue weighted by molar-refractivity contribution is 6.05. The number of hydrogen-bond donors (Lipinski definition) is 2. The number of benzene rings is 3. The van der Waals surface area contributed by atoms with E-state index in [4.69, 9.17) is 0 Å². The zero-order chi connectivity index (χ0) is 20.4. The summed E-state index contributed by atoms with van der Waals surface area (Å²) in [7, 11) is 3.87. The number of H-pyrrole nitrogens is 1. The van der Waals surface area contributed by atoms with Crippen LogP contribution in [0.3, 0.4) is 0 Å². The fourth-order valence-electron chi connectivity index (χ4n) is 3.32. The van der Waals surface area contributed by atoms with E-state index in [0.717, 1.165) is 22.0 Å². The second-order valence-corrected chi connectivity index (χ2v) is 7.06. The van der Waals surface area contributed by atoms with Crippen molar-refractivity contribution in [3.05, 3.63) is 94.9 Å². The average molecular weight is 383 g/mol. The van der Waals surface area contributed by atoms with Gasteiger partial charge in [0.1, 0.15) is 0 Å². The first-order chi connectivity index (χ1) is 14.0. The zero-order valence-electron chi connectivity index (χ0n) is 16.3. The van der Waals surface area contributed by atoms with Crippen LogP contribution >= 0.6 is 0 Å². The first-order valence-corrected chi connectivity index (χ1v) is 9.32. The summed E-state index contributed by atoms with van der Waals surface area (Å²) in [5.74, 6) is -0.176. The molecule has 0 bridgehead atoms. The van der Waals surface area contributed by atoms with Crippen LogP contribution in [0.2, 0.25) is 0 Å². The number of anilines is 2. The van der Waals surface area contributed by atoms with Gasteiger partial charge in [0.25, 0.3) is 11.5 Å². The molecule has 0 atom stereocenters. The summed E-state index contributed by atoms with van der Waals surface area (Å²) in [4.78, 5) is 29.8. The maximum Gasteiger partial charge on any atom is 0.256 e. The van der Waals surface area contributed by atoms with Crippen molar-refractivity contribution in [3.8, 4) is 11.1 Å². The molecule has 29 heavy (non-hydrogen) atoms. The highest BCUT2D eigenvalue weighted by atomic mass is 16.1. The molecule has 0 saturated heterocycles. The molecule has 0 fully saturated rings. The van der Waals surface area contributed by atoms with Gasteiger partial charge in [-0.1, -0.05) is 42.5 Å². The number of aromatic amines is 1. The molecule has 1 amide bonds. The quantitative estimate of drug-likeness (QED) is 0.545. The third-order valence-electron chi connectivity index (χ3n) is 4.87. The minimum absolute atomic E-state index is 0.138. The second-order valence-electron chi connectivity index (χ2n) is 7.06. The molecule has 144 valence electrons. The molecule has 0 aliphatic carbocycles. The fourth-order valence-corrected chi connectivity index (χ4v) is 3.32. The number of carbonyl (C=O) groups is 1. The van der Waals surface area contributed by atoms with Gasteiger partial charge in [0, 0.05) is 37.2 Å². The van der Waals surface area contributed by atoms with Gasteiger partial charge in [-0.2, -0.15) is 0 Å². The van der Waals surface area contributed by atoms with Crippen LogP contribution in [0.15, 0.2) is 83.8 Å². The summed E-state index contributed by atoms with van der Waals surface area (Å²) in [6.07, 6.45) is 1.72. The molecular weight excluding hydrogens is 362 g/mol. The maximum absolute atomic E-state index is 12.6. The number of nitrogens with one attached hydrogen (secondary N) is 2. The largest absolute Gasteiger partial charge is 0.378 e. The Kier molecular flexibility index (Phi) is 4.87. The molecule has 4 aromatic rings. The number of hydrogen-bond acceptors (Lipinski definition) is 3. The van der Waals surface area contributed by atoms with Crippen molar-refractivity contribution in [2.75, 3.05) is 24.3 Å². The summed E-state index contributed by atoms with van der Waals surface area (Å²) in [6.45, 7) is 0. The number of aromatic nitrogens is 1. The lowest BCUT2D eigenvalue weighted by Crippen LogP contribution is -2.14. The summed E-state index contributed by atoms with van der Waals surface area (Å²) < 4.78 is 0. The van der Waals surface area contributed by atoms with Gasteiger partial charge in [-0.3, -0.25) is 9.59 Å². The predicted octanol–water partition coefficient (Wildman–Crippen LogP) is 4.51. The Bertz CT molecular complexity index is 1240. The molecule has 0 aliphatic heterocycles. The molecule has 4 rings (SSSR count). The van der Waals surface area contributed by atoms with Crippen LogP contribution in [0.1, 0.15) is 10.4 Å². The lowest BCUT2D eigenvalue weighted by atomic mass is 10.0. The summed E-state index contributed by atoms with van der Waals surface area (Å²) in [6, 6.07) is 22.5. The van der Waals surface area contributed by atoms with E-state index >= 15 is 0 Å². The van der Waals surface area contributed by atoms with E-state index in [9.17, 15) is 9.59 Å². The molecule has 0 unspecified atom stereocenters. The molecule has 1 aromatic heterocycles. The molecule has 3 aromatic carbocycles. The summed E-state index contributed by atoms with van der Waals surface area (Å²) >= 11 is 0. The van der Waals surface area contributed by atoms with Crippen molar-refractivity contribution in [3.63, 3.8) is 0 Å². The van der Waals surface area contributed by atoms with Crippen molar-refractivity contribution in [2.45, 2.75) is 0 Å². The molecular formula is C24H21N3O2. The number of nitrogens with zero attached hydrogens (tertiary/aromatic N) is 1. The van der Waals surface area contributed by atoms with E-state index in [0.29, 0.717) is 16.8 Å². The third kappa shape index (κ3) is 3.75. The van der Waals surface area contributed by atoms with Crippen LogP contribution in [0.25, 0.3) is 21.9 Å². The zero-order valence-corrected chi connectivity index (χ0v) is 16.3. The Morgan fingerprint density at radius 2 is 1.69 bits per heavy atom. The molecule has 0 aliphatic rings. The molecule has 5 nitrogen and oxygen atoms in total. The Morgan fingerprint density at radius 1 is 0.931 bits per heavy atom. The van der Waals surface area contributed by atoms with E-state index in [2.05, 4.69) is 10.3 Å². The maximum atomic E-state index is 12.6. The molecule has 0 spiro atoms. The van der Waals surface area contributed by atoms with Crippen LogP contribution < -0.4 is 15.8 Å². The SMILES string of the molecule is CN(C)c1cccc(C(=O)Nc2ccc(-c3c(=O)[nH]cc4ccccc34)cc2)c1. The van der Waals surface area contributed by atoms with E-state index in [1.54, 1.807) is 12.3 Å². The lowest BCUT2D eigenvalue weighted by molar-refractivity contribution is 0.102. The molecule has 0 saturated carbocycles. The second kappa shape index (κ2) is 7.64. The van der Waals surface area contributed by atoms with Crippen molar-refractivity contribution < 1.29 is 4.79 Å². The summed E-state index contributed by atoms with van der Waals surface area (Å²) in [5, 5.41) is 4.78. The molecule has 5 heteroatoms. The number of amides is 1. The predicted molar refractivity (Wildman–Crippen MR) is 119 cm³/mol. The number of carbonyl (C=O) groups excluding carboxylic acids is 1. The van der Waals surface area contributed by atoms with Gasteiger partial charge in [0.2, 0.25) is 0 Å². The van der Waals surface area contributed by atoms with E-state index in [-0.39, 0.29) is 11.5 Å². The molecule has 1 heterocycles. The Labute approximate surface area is 168 Å². The highest BCUT2D eigenvalue weighted by Crippen LogP contribution is 2.26. The van der Waals surface area contributed by atoms with Crippen LogP contribution in [-0.4, -0.2) is 25.0 Å². The number of pyridine rings is 1. The van der Waals surface area contributed by atoms with E-state index in [1.807, 2.05) is 85.7 Å². The average Bonchev–Trinajstić information content (AvgIpc) is 2.74. The van der Waals surface area contributed by atoms with Crippen molar-refractivity contribution in [1.82, 2.24) is 4.98 Å². The number of fused-ring (bicyclic) bond motifs is 1. The van der Waals surface area contributed by atoms with Crippen molar-refractivity contribution in [2.24, 2.45) is 0 Å². The number of rotatable bonds is 4. The van der Waals surface area contributed by atoms with Gasteiger partial charge in [-0.25, -0.2) is 0 Å². The van der Waals surface area contributed by atoms with Crippen molar-refractivity contribution >= 4 is 28.1 Å². The topological polar surface area (TPSA) is 65.2 Å². The minimum atomic E-state index is -0.176. The Balaban J connectivity index is 1.61. The van der Waals surface area contributed by atoms with Gasteiger partial charge in [0.05, 0.1) is 5.56 Å². The molecule has 2 N–H and O–H groups in total. The normalized spacial score (nSPS) is 10.7. The van der Waals surface area contributed by atoms with Crippen LogP contribution in [-0.2, 0) is 0 Å². The van der Waals surface area contributed by atoms with Gasteiger partial charge in [-0.15, -0.1) is 0 Å². The monoisotopic (exact) mass is 383 g/mol. The minimum Gasteiger partial charge on any atom is -0.378 e. The smallest absolute Gasteiger partial charge is 0.256 e. The van der Waals surface area contributed by atoms with Crippen molar-refractivity contribution in [1.29, 1.82) is 0 Å². The van der Waals surface area contributed by atoms with Crippen LogP contribution in [0.4, 0.5) is 11.4 Å². The van der Waals surface area contributed by atoms with E-state index < -0.39 is 0 Å². The fraction of sp³-hybridized carbons (Fsp3) is 0.0833. The first kappa shape index (κ1) is 18.5. The van der Waals surface area contributed by atoms with Crippen LogP contribution in [0, 0.1) is 0 Å². The Morgan fingerprint density at radius 3 is 2.45 bits per heavy atom. The first-order valence-electron chi connectivity index (χ1n) is 9.32. The highest BCUT2D eigenvalue weighted by Gasteiger charge is 2.11. The van der Waals surface area contributed by atoms with Gasteiger partial charge in [0.15, 0.2) is 0 Å². The van der Waals surface area contributed by atoms with Gasteiger partial charge >= 0.3 is 0 Å². The van der Waals surface area contributed by atoms with E-state index in [1.165, 1.54) is 0 Å². The lowest BCUT2D eigenvalue weighted by Gasteiger charge is -2.13. The summed E-state index contributed by atoms with van der Waals surface area (Å²) in [5.41, 5.74) is 3.51. The van der Waals surface area contributed by atoms with Crippen LogP contribution in [0.5, 0.6) is 0 Å².